The largest absolute Gasteiger partial charge is 0.486 e. The second kappa shape index (κ2) is 8.68. The lowest BCUT2D eigenvalue weighted by atomic mass is 10.1. The van der Waals surface area contributed by atoms with Crippen molar-refractivity contribution in [1.82, 2.24) is 24.4 Å². The molecule has 0 unspecified atom stereocenters. The van der Waals surface area contributed by atoms with E-state index in [-0.39, 0.29) is 17.7 Å². The van der Waals surface area contributed by atoms with Crippen molar-refractivity contribution in [3.8, 4) is 22.6 Å². The van der Waals surface area contributed by atoms with Gasteiger partial charge in [0.1, 0.15) is 18.7 Å². The van der Waals surface area contributed by atoms with Crippen molar-refractivity contribution in [3.63, 3.8) is 0 Å². The fourth-order valence-corrected chi connectivity index (χ4v) is 4.41. The molecule has 176 valence electrons. The molecule has 0 N–H and O–H groups in total. The fraction of sp³-hybridized carbons (Fsp3) is 0.200. The van der Waals surface area contributed by atoms with Crippen LogP contribution < -0.4 is 15.0 Å². The predicted molar refractivity (Wildman–Crippen MR) is 130 cm³/mol. The van der Waals surface area contributed by atoms with Crippen LogP contribution in [0.15, 0.2) is 59.5 Å². The highest BCUT2D eigenvalue weighted by Gasteiger charge is 2.20. The Hall–Kier alpha value is -3.95. The summed E-state index contributed by atoms with van der Waals surface area (Å²) in [6.07, 6.45) is 1.74. The molecule has 0 bridgehead atoms. The quantitative estimate of drug-likeness (QED) is 0.371. The summed E-state index contributed by atoms with van der Waals surface area (Å²) in [7, 11) is 1.61. The molecule has 0 saturated carbocycles. The minimum absolute atomic E-state index is 0.228. The molecule has 0 spiro atoms. The van der Waals surface area contributed by atoms with Crippen LogP contribution >= 0.6 is 11.6 Å². The SMILES string of the molecule is COCc1nn2c(nnc3c(=O)n(Cc4ccc5c(c4)OCCO5)ccc32)c1-c1ccc(Cl)cc1. The summed E-state index contributed by atoms with van der Waals surface area (Å²) in [6.45, 7) is 1.67. The van der Waals surface area contributed by atoms with Crippen LogP contribution in [0.25, 0.3) is 27.8 Å². The Bertz CT molecular complexity index is 1630. The summed E-state index contributed by atoms with van der Waals surface area (Å²) >= 11 is 6.07. The van der Waals surface area contributed by atoms with Crippen molar-refractivity contribution in [2.24, 2.45) is 0 Å². The highest BCUT2D eigenvalue weighted by atomic mass is 35.5. The zero-order valence-electron chi connectivity index (χ0n) is 18.8. The first-order valence-electron chi connectivity index (χ1n) is 11.0. The van der Waals surface area contributed by atoms with Crippen LogP contribution in [0.5, 0.6) is 11.5 Å². The first kappa shape index (κ1) is 21.6. The molecular weight excluding hydrogens is 470 g/mol. The Balaban J connectivity index is 1.45. The Labute approximate surface area is 204 Å². The maximum absolute atomic E-state index is 13.3. The number of halogens is 1. The van der Waals surface area contributed by atoms with Crippen LogP contribution in [-0.4, -0.2) is 44.7 Å². The van der Waals surface area contributed by atoms with E-state index in [1.54, 1.807) is 22.4 Å². The van der Waals surface area contributed by atoms with E-state index in [2.05, 4.69) is 10.2 Å². The van der Waals surface area contributed by atoms with Crippen molar-refractivity contribution in [2.45, 2.75) is 13.2 Å². The Kier molecular flexibility index (Phi) is 5.35. The van der Waals surface area contributed by atoms with Crippen molar-refractivity contribution < 1.29 is 14.2 Å². The van der Waals surface area contributed by atoms with Crippen LogP contribution in [0.3, 0.4) is 0 Å². The lowest BCUT2D eigenvalue weighted by Crippen LogP contribution is -2.22. The van der Waals surface area contributed by atoms with Crippen molar-refractivity contribution in [1.29, 1.82) is 0 Å². The monoisotopic (exact) mass is 489 g/mol. The molecule has 1 aliphatic rings. The van der Waals surface area contributed by atoms with Gasteiger partial charge >= 0.3 is 0 Å². The van der Waals surface area contributed by atoms with E-state index in [0.29, 0.717) is 53.1 Å². The average Bonchev–Trinajstić information content (AvgIpc) is 3.25. The number of rotatable bonds is 5. The molecule has 0 saturated heterocycles. The predicted octanol–water partition coefficient (Wildman–Crippen LogP) is 3.73. The molecule has 10 heteroatoms. The number of nitrogens with zero attached hydrogens (tertiary/aromatic N) is 5. The van der Waals surface area contributed by atoms with E-state index < -0.39 is 0 Å². The molecule has 9 nitrogen and oxygen atoms in total. The van der Waals surface area contributed by atoms with Crippen LogP contribution in [0.2, 0.25) is 5.02 Å². The number of fused-ring (bicyclic) bond motifs is 4. The molecule has 5 aromatic rings. The maximum atomic E-state index is 13.3. The summed E-state index contributed by atoms with van der Waals surface area (Å²) in [5.74, 6) is 1.39. The third-order valence-corrected chi connectivity index (χ3v) is 6.15. The Morgan fingerprint density at radius 1 is 1.03 bits per heavy atom. The molecule has 0 aliphatic carbocycles. The molecule has 2 aromatic carbocycles. The lowest BCUT2D eigenvalue weighted by molar-refractivity contribution is 0.171. The van der Waals surface area contributed by atoms with Crippen LogP contribution in [0, 0.1) is 0 Å². The summed E-state index contributed by atoms with van der Waals surface area (Å²) < 4.78 is 19.9. The topological polar surface area (TPSA) is 92.8 Å². The van der Waals surface area contributed by atoms with Crippen LogP contribution in [-0.2, 0) is 17.9 Å². The van der Waals surface area contributed by atoms with Gasteiger partial charge in [-0.15, -0.1) is 10.2 Å². The molecule has 0 radical (unpaired) electrons. The maximum Gasteiger partial charge on any atom is 0.280 e. The number of hydrogen-bond donors (Lipinski definition) is 0. The second-order valence-electron chi connectivity index (χ2n) is 8.16. The van der Waals surface area contributed by atoms with E-state index in [9.17, 15) is 4.79 Å². The highest BCUT2D eigenvalue weighted by molar-refractivity contribution is 6.30. The van der Waals surface area contributed by atoms with Crippen LogP contribution in [0.4, 0.5) is 0 Å². The van der Waals surface area contributed by atoms with Gasteiger partial charge in [-0.3, -0.25) is 4.79 Å². The molecule has 4 heterocycles. The van der Waals surface area contributed by atoms with Gasteiger partial charge in [0, 0.05) is 18.3 Å². The second-order valence-corrected chi connectivity index (χ2v) is 8.59. The summed E-state index contributed by atoms with van der Waals surface area (Å²) in [4.78, 5) is 13.3. The van der Waals surface area contributed by atoms with E-state index in [4.69, 9.17) is 30.9 Å². The minimum Gasteiger partial charge on any atom is -0.486 e. The van der Waals surface area contributed by atoms with Gasteiger partial charge in [-0.2, -0.15) is 5.10 Å². The third kappa shape index (κ3) is 3.78. The first-order chi connectivity index (χ1) is 17.1. The third-order valence-electron chi connectivity index (χ3n) is 5.90. The number of methoxy groups -OCH3 is 1. The van der Waals surface area contributed by atoms with E-state index in [0.717, 1.165) is 16.7 Å². The van der Waals surface area contributed by atoms with Gasteiger partial charge in [-0.05, 0) is 41.5 Å². The molecule has 3 aromatic heterocycles. The van der Waals surface area contributed by atoms with E-state index in [1.807, 2.05) is 48.5 Å². The average molecular weight is 490 g/mol. The van der Waals surface area contributed by atoms with Gasteiger partial charge < -0.3 is 18.8 Å². The Morgan fingerprint density at radius 2 is 1.83 bits per heavy atom. The van der Waals surface area contributed by atoms with E-state index >= 15 is 0 Å². The number of ether oxygens (including phenoxy) is 3. The van der Waals surface area contributed by atoms with Gasteiger partial charge in [-0.1, -0.05) is 29.8 Å². The molecular formula is C25H20ClN5O4. The smallest absolute Gasteiger partial charge is 0.280 e. The molecule has 1 aliphatic heterocycles. The van der Waals surface area contributed by atoms with Crippen molar-refractivity contribution in [2.75, 3.05) is 20.3 Å². The normalized spacial score (nSPS) is 13.0. The first-order valence-corrected chi connectivity index (χ1v) is 11.4. The van der Waals surface area contributed by atoms with E-state index in [1.165, 1.54) is 0 Å². The zero-order chi connectivity index (χ0) is 23.9. The number of pyridine rings is 1. The van der Waals surface area contributed by atoms with Gasteiger partial charge in [-0.25, -0.2) is 4.52 Å². The highest BCUT2D eigenvalue weighted by Crippen LogP contribution is 2.32. The fourth-order valence-electron chi connectivity index (χ4n) is 4.29. The number of hydrogen-bond acceptors (Lipinski definition) is 7. The van der Waals surface area contributed by atoms with Gasteiger partial charge in [0.2, 0.25) is 0 Å². The molecule has 6 rings (SSSR count). The Morgan fingerprint density at radius 3 is 2.63 bits per heavy atom. The van der Waals surface area contributed by atoms with Crippen molar-refractivity contribution >= 4 is 28.3 Å². The number of benzene rings is 2. The number of aromatic nitrogens is 5. The van der Waals surface area contributed by atoms with Gasteiger partial charge in [0.25, 0.3) is 5.56 Å². The molecule has 35 heavy (non-hydrogen) atoms. The zero-order valence-corrected chi connectivity index (χ0v) is 19.5. The summed E-state index contributed by atoms with van der Waals surface area (Å²) in [5, 5.41) is 14.0. The van der Waals surface area contributed by atoms with Gasteiger partial charge in [0.05, 0.1) is 24.4 Å². The lowest BCUT2D eigenvalue weighted by Gasteiger charge is -2.19. The van der Waals surface area contributed by atoms with Crippen molar-refractivity contribution in [3.05, 3.63) is 81.4 Å². The van der Waals surface area contributed by atoms with Crippen LogP contribution in [0.1, 0.15) is 11.3 Å². The molecule has 0 fully saturated rings. The summed E-state index contributed by atoms with van der Waals surface area (Å²) in [5.41, 5.74) is 4.35. The molecule has 0 amide bonds. The van der Waals surface area contributed by atoms with Gasteiger partial charge in [0.15, 0.2) is 22.7 Å². The summed E-state index contributed by atoms with van der Waals surface area (Å²) in [6, 6.07) is 14.9. The standard InChI is InChI=1S/C25H20ClN5O4/c1-33-14-18-22(16-3-5-17(26)6-4-16)24-28-27-23-19(31(24)29-18)8-9-30(25(23)32)13-15-2-7-20-21(12-15)35-11-10-34-20/h2-9,12H,10-11,13-14H2,1H3. The minimum atomic E-state index is -0.261. The molecule has 0 atom stereocenters.